The van der Waals surface area contributed by atoms with Crippen molar-refractivity contribution >= 4 is 5.97 Å². The summed E-state index contributed by atoms with van der Waals surface area (Å²) in [5.41, 5.74) is -2.08. The number of hydrogen-bond acceptors (Lipinski definition) is 3. The van der Waals surface area contributed by atoms with Gasteiger partial charge in [0.05, 0.1) is 12.2 Å². The zero-order chi connectivity index (χ0) is 11.3. The highest BCUT2D eigenvalue weighted by molar-refractivity contribution is 5.77. The molecule has 0 amide bonds. The lowest BCUT2D eigenvalue weighted by atomic mass is 9.51. The van der Waals surface area contributed by atoms with Gasteiger partial charge in [0.25, 0.3) is 0 Å². The first-order chi connectivity index (χ1) is 6.81. The Morgan fingerprint density at radius 3 is 2.27 bits per heavy atom. The van der Waals surface area contributed by atoms with Crippen molar-refractivity contribution in [3.05, 3.63) is 0 Å². The average molecular weight is 214 g/mol. The molecule has 1 saturated heterocycles. The van der Waals surface area contributed by atoms with Crippen LogP contribution in [0.3, 0.4) is 0 Å². The van der Waals surface area contributed by atoms with E-state index in [1.807, 2.05) is 13.8 Å². The number of carbonyl (C=O) groups is 1. The fourth-order valence-electron chi connectivity index (χ4n) is 3.17. The SMILES string of the molecule is CC1(C)CC(O)(C2(C(=O)O)CCOC2)C1. The topological polar surface area (TPSA) is 66.8 Å². The third kappa shape index (κ3) is 1.39. The van der Waals surface area contributed by atoms with Crippen molar-refractivity contribution in [1.82, 2.24) is 0 Å². The molecule has 2 fully saturated rings. The van der Waals surface area contributed by atoms with Gasteiger partial charge < -0.3 is 14.9 Å². The van der Waals surface area contributed by atoms with Crippen molar-refractivity contribution in [2.45, 2.75) is 38.7 Å². The molecular weight excluding hydrogens is 196 g/mol. The van der Waals surface area contributed by atoms with E-state index < -0.39 is 17.0 Å². The third-order valence-electron chi connectivity index (χ3n) is 3.86. The van der Waals surface area contributed by atoms with E-state index in [0.29, 0.717) is 25.9 Å². The van der Waals surface area contributed by atoms with Gasteiger partial charge in [-0.05, 0) is 24.7 Å². The molecule has 0 aromatic carbocycles. The lowest BCUT2D eigenvalue weighted by Gasteiger charge is -2.56. The number of hydrogen-bond donors (Lipinski definition) is 2. The highest BCUT2D eigenvalue weighted by Crippen LogP contribution is 2.58. The summed E-state index contributed by atoms with van der Waals surface area (Å²) in [6.07, 6.45) is 1.53. The smallest absolute Gasteiger partial charge is 0.315 e. The van der Waals surface area contributed by atoms with Crippen LogP contribution in [0.5, 0.6) is 0 Å². The van der Waals surface area contributed by atoms with Crippen LogP contribution in [-0.2, 0) is 9.53 Å². The van der Waals surface area contributed by atoms with E-state index in [-0.39, 0.29) is 12.0 Å². The summed E-state index contributed by atoms with van der Waals surface area (Å²) in [7, 11) is 0. The predicted octanol–water partition coefficient (Wildman–Crippen LogP) is 1.03. The van der Waals surface area contributed by atoms with Crippen LogP contribution in [0.4, 0.5) is 0 Å². The number of ether oxygens (including phenoxy) is 1. The molecule has 0 bridgehead atoms. The first-order valence-electron chi connectivity index (χ1n) is 5.35. The van der Waals surface area contributed by atoms with Crippen molar-refractivity contribution in [3.63, 3.8) is 0 Å². The van der Waals surface area contributed by atoms with Crippen molar-refractivity contribution < 1.29 is 19.7 Å². The Kier molecular flexibility index (Phi) is 2.14. The fourth-order valence-corrected chi connectivity index (χ4v) is 3.17. The monoisotopic (exact) mass is 214 g/mol. The zero-order valence-corrected chi connectivity index (χ0v) is 9.25. The van der Waals surface area contributed by atoms with E-state index in [1.165, 1.54) is 0 Å². The minimum absolute atomic E-state index is 0.0553. The zero-order valence-electron chi connectivity index (χ0n) is 9.25. The number of carboxylic acids is 1. The molecule has 1 heterocycles. The molecule has 86 valence electrons. The second kappa shape index (κ2) is 2.95. The Hall–Kier alpha value is -0.610. The van der Waals surface area contributed by atoms with Gasteiger partial charge in [-0.15, -0.1) is 0 Å². The second-order valence-corrected chi connectivity index (χ2v) is 5.74. The van der Waals surface area contributed by atoms with E-state index in [9.17, 15) is 15.0 Å². The van der Waals surface area contributed by atoms with Crippen molar-refractivity contribution in [2.75, 3.05) is 13.2 Å². The lowest BCUT2D eigenvalue weighted by molar-refractivity contribution is -0.209. The molecule has 15 heavy (non-hydrogen) atoms. The summed E-state index contributed by atoms with van der Waals surface area (Å²) in [5.74, 6) is -0.919. The van der Waals surface area contributed by atoms with Crippen LogP contribution in [0.2, 0.25) is 0 Å². The van der Waals surface area contributed by atoms with Crippen LogP contribution in [0.1, 0.15) is 33.1 Å². The van der Waals surface area contributed by atoms with Gasteiger partial charge in [-0.3, -0.25) is 4.79 Å². The first-order valence-corrected chi connectivity index (χ1v) is 5.35. The molecule has 4 heteroatoms. The Morgan fingerprint density at radius 1 is 1.33 bits per heavy atom. The summed E-state index contributed by atoms with van der Waals surface area (Å²) in [6.45, 7) is 4.68. The van der Waals surface area contributed by atoms with Crippen LogP contribution in [0.15, 0.2) is 0 Å². The molecule has 0 spiro atoms. The van der Waals surface area contributed by atoms with Gasteiger partial charge in [0, 0.05) is 6.61 Å². The minimum atomic E-state index is -1.07. The van der Waals surface area contributed by atoms with Gasteiger partial charge in [-0.2, -0.15) is 0 Å². The maximum absolute atomic E-state index is 11.3. The number of rotatable bonds is 2. The largest absolute Gasteiger partial charge is 0.481 e. The Labute approximate surface area is 89.2 Å². The van der Waals surface area contributed by atoms with Crippen LogP contribution in [-0.4, -0.2) is 35.0 Å². The summed E-state index contributed by atoms with van der Waals surface area (Å²) >= 11 is 0. The van der Waals surface area contributed by atoms with Crippen molar-refractivity contribution in [2.24, 2.45) is 10.8 Å². The standard InChI is InChI=1S/C11H18O4/c1-9(2)5-11(14,6-9)10(8(12)13)3-4-15-7-10/h14H,3-7H2,1-2H3,(H,12,13). The highest BCUT2D eigenvalue weighted by Gasteiger charge is 2.65. The van der Waals surface area contributed by atoms with Crippen LogP contribution in [0, 0.1) is 10.8 Å². The first kappa shape index (κ1) is 10.9. The Balaban J connectivity index is 2.24. The second-order valence-electron chi connectivity index (χ2n) is 5.74. The molecule has 0 radical (unpaired) electrons. The quantitative estimate of drug-likeness (QED) is 0.720. The molecule has 1 atom stereocenters. The predicted molar refractivity (Wildman–Crippen MR) is 53.5 cm³/mol. The molecular formula is C11H18O4. The third-order valence-corrected chi connectivity index (χ3v) is 3.86. The minimum Gasteiger partial charge on any atom is -0.481 e. The van der Waals surface area contributed by atoms with Gasteiger partial charge in [0.1, 0.15) is 5.41 Å². The van der Waals surface area contributed by atoms with E-state index in [0.717, 1.165) is 0 Å². The van der Waals surface area contributed by atoms with E-state index >= 15 is 0 Å². The molecule has 0 aromatic heterocycles. The van der Waals surface area contributed by atoms with Gasteiger partial charge >= 0.3 is 5.97 Å². The van der Waals surface area contributed by atoms with Crippen molar-refractivity contribution in [3.8, 4) is 0 Å². The van der Waals surface area contributed by atoms with E-state index in [2.05, 4.69) is 0 Å². The normalized spacial score (nSPS) is 37.3. The maximum Gasteiger partial charge on any atom is 0.315 e. The molecule has 4 nitrogen and oxygen atoms in total. The summed E-state index contributed by atoms with van der Waals surface area (Å²) < 4.78 is 5.17. The number of aliphatic carboxylic acids is 1. The fraction of sp³-hybridized carbons (Fsp3) is 0.909. The molecule has 2 rings (SSSR count). The molecule has 1 aliphatic heterocycles. The van der Waals surface area contributed by atoms with Crippen LogP contribution >= 0.6 is 0 Å². The van der Waals surface area contributed by atoms with Gasteiger partial charge in [-0.1, -0.05) is 13.8 Å². The Bertz CT molecular complexity index is 281. The molecule has 0 aromatic rings. The molecule has 2 N–H and O–H groups in total. The van der Waals surface area contributed by atoms with Crippen molar-refractivity contribution in [1.29, 1.82) is 0 Å². The van der Waals surface area contributed by atoms with Gasteiger partial charge in [-0.25, -0.2) is 0 Å². The van der Waals surface area contributed by atoms with E-state index in [4.69, 9.17) is 4.74 Å². The highest BCUT2D eigenvalue weighted by atomic mass is 16.5. The molecule has 1 saturated carbocycles. The Morgan fingerprint density at radius 2 is 1.93 bits per heavy atom. The lowest BCUT2D eigenvalue weighted by Crippen LogP contribution is -2.63. The van der Waals surface area contributed by atoms with E-state index in [1.54, 1.807) is 0 Å². The molecule has 1 unspecified atom stereocenters. The molecule has 1 aliphatic carbocycles. The summed E-state index contributed by atoms with van der Waals surface area (Å²) in [6, 6.07) is 0. The van der Waals surface area contributed by atoms with Gasteiger partial charge in [0.15, 0.2) is 0 Å². The summed E-state index contributed by atoms with van der Waals surface area (Å²) in [5, 5.41) is 19.7. The number of carboxylic acid groups (broad SMARTS) is 1. The molecule has 2 aliphatic rings. The number of aliphatic hydroxyl groups is 1. The van der Waals surface area contributed by atoms with Crippen LogP contribution in [0.25, 0.3) is 0 Å². The van der Waals surface area contributed by atoms with Crippen LogP contribution < -0.4 is 0 Å². The van der Waals surface area contributed by atoms with Gasteiger partial charge in [0.2, 0.25) is 0 Å². The average Bonchev–Trinajstić information content (AvgIpc) is 2.48. The maximum atomic E-state index is 11.3. The summed E-state index contributed by atoms with van der Waals surface area (Å²) in [4.78, 5) is 11.3.